The molecule has 2 aliphatic rings. The van der Waals surface area contributed by atoms with Gasteiger partial charge in [0.2, 0.25) is 11.8 Å². The summed E-state index contributed by atoms with van der Waals surface area (Å²) in [5.41, 5.74) is 1.20. The van der Waals surface area contributed by atoms with E-state index in [2.05, 4.69) is 16.3 Å². The number of hydrogen-bond donors (Lipinski definition) is 1. The van der Waals surface area contributed by atoms with Gasteiger partial charge >= 0.3 is 0 Å². The Morgan fingerprint density at radius 3 is 2.62 bits per heavy atom. The topological polar surface area (TPSA) is 52.7 Å². The van der Waals surface area contributed by atoms with Gasteiger partial charge in [-0.05, 0) is 52.1 Å². The van der Waals surface area contributed by atoms with Crippen molar-refractivity contribution in [2.75, 3.05) is 33.2 Å². The molecule has 2 amide bonds. The van der Waals surface area contributed by atoms with Crippen molar-refractivity contribution in [2.45, 2.75) is 39.0 Å². The molecule has 0 aromatic rings. The first-order chi connectivity index (χ1) is 10.2. The molecule has 0 saturated carbocycles. The number of rotatable bonds is 5. The molecule has 5 nitrogen and oxygen atoms in total. The van der Waals surface area contributed by atoms with Crippen molar-refractivity contribution in [3.05, 3.63) is 11.8 Å². The first-order valence-corrected chi connectivity index (χ1v) is 8.09. The van der Waals surface area contributed by atoms with Crippen LogP contribution in [0, 0.1) is 5.92 Å². The minimum atomic E-state index is 0.112. The van der Waals surface area contributed by atoms with Crippen molar-refractivity contribution in [3.63, 3.8) is 0 Å². The van der Waals surface area contributed by atoms with E-state index in [1.54, 1.807) is 7.05 Å². The smallest absolute Gasteiger partial charge is 0.240 e. The molecule has 2 rings (SSSR count). The fourth-order valence-electron chi connectivity index (χ4n) is 3.27. The summed E-state index contributed by atoms with van der Waals surface area (Å²) in [5, 5.41) is 2.71. The molecule has 1 heterocycles. The lowest BCUT2D eigenvalue weighted by Gasteiger charge is -2.32. The van der Waals surface area contributed by atoms with Gasteiger partial charge < -0.3 is 10.2 Å². The number of hydrogen-bond acceptors (Lipinski definition) is 3. The summed E-state index contributed by atoms with van der Waals surface area (Å²) < 4.78 is 0. The number of likely N-dealkylation sites (tertiary alicyclic amines) is 1. The third kappa shape index (κ3) is 4.06. The maximum absolute atomic E-state index is 12.5. The quantitative estimate of drug-likeness (QED) is 0.833. The Balaban J connectivity index is 1.82. The molecule has 1 fully saturated rings. The maximum atomic E-state index is 12.5. The van der Waals surface area contributed by atoms with E-state index in [-0.39, 0.29) is 17.7 Å². The number of carbonyl (C=O) groups is 2. The highest BCUT2D eigenvalue weighted by Gasteiger charge is 2.27. The molecule has 1 N–H and O–H groups in total. The number of likely N-dealkylation sites (N-methyl/N-ethyl adjacent to an activating group) is 1. The molecule has 0 unspecified atom stereocenters. The van der Waals surface area contributed by atoms with Crippen LogP contribution in [0.25, 0.3) is 0 Å². The van der Waals surface area contributed by atoms with Gasteiger partial charge in [-0.3, -0.25) is 14.5 Å². The van der Waals surface area contributed by atoms with Gasteiger partial charge in [-0.1, -0.05) is 6.08 Å². The van der Waals surface area contributed by atoms with Gasteiger partial charge in [-0.2, -0.15) is 0 Å². The minimum absolute atomic E-state index is 0.112. The SMILES string of the molecule is CCN(C(=O)CN1CCC(C(=O)NC)CC1)C1=CCCC1. The van der Waals surface area contributed by atoms with E-state index in [4.69, 9.17) is 0 Å². The molecule has 21 heavy (non-hydrogen) atoms. The molecule has 1 saturated heterocycles. The van der Waals surface area contributed by atoms with Crippen LogP contribution < -0.4 is 5.32 Å². The number of nitrogens with zero attached hydrogens (tertiary/aromatic N) is 2. The molecule has 0 spiro atoms. The third-order valence-corrected chi connectivity index (χ3v) is 4.54. The van der Waals surface area contributed by atoms with E-state index in [1.807, 2.05) is 11.8 Å². The Morgan fingerprint density at radius 2 is 2.10 bits per heavy atom. The second-order valence-electron chi connectivity index (χ2n) is 5.89. The Bertz CT molecular complexity index is 412. The fourth-order valence-corrected chi connectivity index (χ4v) is 3.27. The van der Waals surface area contributed by atoms with Crippen LogP contribution in [0.3, 0.4) is 0 Å². The standard InChI is InChI=1S/C16H27N3O2/c1-3-19(14-6-4-5-7-14)15(20)12-18-10-8-13(9-11-18)16(21)17-2/h6,13H,3-5,7-12H2,1-2H3,(H,17,21). The van der Waals surface area contributed by atoms with Gasteiger partial charge in [0, 0.05) is 25.2 Å². The van der Waals surface area contributed by atoms with Crippen LogP contribution in [0.15, 0.2) is 11.8 Å². The van der Waals surface area contributed by atoms with Gasteiger partial charge in [0.15, 0.2) is 0 Å². The molecule has 5 heteroatoms. The monoisotopic (exact) mass is 293 g/mol. The summed E-state index contributed by atoms with van der Waals surface area (Å²) in [7, 11) is 1.69. The van der Waals surface area contributed by atoms with Crippen molar-refractivity contribution in [2.24, 2.45) is 5.92 Å². The summed E-state index contributed by atoms with van der Waals surface area (Å²) in [6.45, 7) is 4.93. The van der Waals surface area contributed by atoms with Crippen molar-refractivity contribution in [1.82, 2.24) is 15.1 Å². The highest BCUT2D eigenvalue weighted by atomic mass is 16.2. The lowest BCUT2D eigenvalue weighted by molar-refractivity contribution is -0.131. The molecular formula is C16H27N3O2. The molecule has 0 aromatic carbocycles. The molecule has 1 aliphatic carbocycles. The highest BCUT2D eigenvalue weighted by molar-refractivity contribution is 5.80. The Hall–Kier alpha value is -1.36. The number of piperidine rings is 1. The second-order valence-corrected chi connectivity index (χ2v) is 5.89. The third-order valence-electron chi connectivity index (χ3n) is 4.54. The average molecular weight is 293 g/mol. The van der Waals surface area contributed by atoms with Crippen LogP contribution in [-0.2, 0) is 9.59 Å². The second kappa shape index (κ2) is 7.59. The van der Waals surface area contributed by atoms with Gasteiger partial charge in [-0.15, -0.1) is 0 Å². The van der Waals surface area contributed by atoms with E-state index in [9.17, 15) is 9.59 Å². The van der Waals surface area contributed by atoms with Gasteiger partial charge in [0.25, 0.3) is 0 Å². The lowest BCUT2D eigenvalue weighted by atomic mass is 9.96. The molecule has 0 aromatic heterocycles. The normalized spacial score (nSPS) is 20.2. The Morgan fingerprint density at radius 1 is 1.38 bits per heavy atom. The van der Waals surface area contributed by atoms with Gasteiger partial charge in [0.1, 0.15) is 0 Å². The summed E-state index contributed by atoms with van der Waals surface area (Å²) in [6.07, 6.45) is 7.17. The molecule has 0 bridgehead atoms. The van der Waals surface area contributed by atoms with Gasteiger partial charge in [0.05, 0.1) is 6.54 Å². The largest absolute Gasteiger partial charge is 0.359 e. The summed E-state index contributed by atoms with van der Waals surface area (Å²) in [4.78, 5) is 28.2. The highest BCUT2D eigenvalue weighted by Crippen LogP contribution is 2.22. The number of carbonyl (C=O) groups excluding carboxylic acids is 2. The average Bonchev–Trinajstić information content (AvgIpc) is 3.02. The lowest BCUT2D eigenvalue weighted by Crippen LogP contribution is -2.45. The number of nitrogens with one attached hydrogen (secondary N) is 1. The van der Waals surface area contributed by atoms with Crippen molar-refractivity contribution in [1.29, 1.82) is 0 Å². The predicted molar refractivity (Wildman–Crippen MR) is 82.6 cm³/mol. The fraction of sp³-hybridized carbons (Fsp3) is 0.750. The predicted octanol–water partition coefficient (Wildman–Crippen LogP) is 1.36. The van der Waals surface area contributed by atoms with Crippen LogP contribution in [-0.4, -0.2) is 54.8 Å². The maximum Gasteiger partial charge on any atom is 0.240 e. The molecule has 0 atom stereocenters. The van der Waals surface area contributed by atoms with E-state index >= 15 is 0 Å². The van der Waals surface area contributed by atoms with E-state index in [0.29, 0.717) is 6.54 Å². The van der Waals surface area contributed by atoms with Crippen molar-refractivity contribution in [3.8, 4) is 0 Å². The zero-order valence-corrected chi connectivity index (χ0v) is 13.2. The molecule has 0 radical (unpaired) electrons. The Kier molecular flexibility index (Phi) is 5.79. The molecular weight excluding hydrogens is 266 g/mol. The zero-order valence-electron chi connectivity index (χ0n) is 13.2. The van der Waals surface area contributed by atoms with Crippen LogP contribution in [0.4, 0.5) is 0 Å². The van der Waals surface area contributed by atoms with Crippen LogP contribution in [0.2, 0.25) is 0 Å². The number of allylic oxidation sites excluding steroid dienone is 2. The van der Waals surface area contributed by atoms with Crippen LogP contribution in [0.1, 0.15) is 39.0 Å². The minimum Gasteiger partial charge on any atom is -0.359 e. The number of amides is 2. The summed E-state index contributed by atoms with van der Waals surface area (Å²) >= 11 is 0. The van der Waals surface area contributed by atoms with E-state index < -0.39 is 0 Å². The van der Waals surface area contributed by atoms with E-state index in [0.717, 1.165) is 51.7 Å². The first-order valence-electron chi connectivity index (χ1n) is 8.09. The van der Waals surface area contributed by atoms with Crippen LogP contribution >= 0.6 is 0 Å². The summed E-state index contributed by atoms with van der Waals surface area (Å²) in [6, 6.07) is 0. The molecule has 118 valence electrons. The van der Waals surface area contributed by atoms with Crippen LogP contribution in [0.5, 0.6) is 0 Å². The van der Waals surface area contributed by atoms with E-state index in [1.165, 1.54) is 5.70 Å². The Labute approximate surface area is 127 Å². The zero-order chi connectivity index (χ0) is 15.2. The van der Waals surface area contributed by atoms with Gasteiger partial charge in [-0.25, -0.2) is 0 Å². The molecule has 1 aliphatic heterocycles. The first kappa shape index (κ1) is 16.0. The van der Waals surface area contributed by atoms with Crippen molar-refractivity contribution >= 4 is 11.8 Å². The summed E-state index contributed by atoms with van der Waals surface area (Å²) in [5.74, 6) is 0.442. The van der Waals surface area contributed by atoms with Crippen molar-refractivity contribution < 1.29 is 9.59 Å².